The zero-order chi connectivity index (χ0) is 25.8. The molecule has 1 saturated heterocycles. The second kappa shape index (κ2) is 8.51. The van der Waals surface area contributed by atoms with Crippen molar-refractivity contribution >= 4 is 17.7 Å². The van der Waals surface area contributed by atoms with E-state index in [1.54, 1.807) is 30.3 Å². The fourth-order valence-corrected chi connectivity index (χ4v) is 4.78. The Morgan fingerprint density at radius 2 is 1.75 bits per heavy atom. The molecule has 0 spiro atoms. The molecule has 0 bridgehead atoms. The molecular formula is C25H21F3N4O4. The van der Waals surface area contributed by atoms with Crippen LogP contribution in [0.3, 0.4) is 0 Å². The second-order valence-electron chi connectivity index (χ2n) is 8.66. The van der Waals surface area contributed by atoms with E-state index in [0.29, 0.717) is 28.0 Å². The predicted molar refractivity (Wildman–Crippen MR) is 122 cm³/mol. The van der Waals surface area contributed by atoms with Crippen LogP contribution in [0.2, 0.25) is 0 Å². The lowest BCUT2D eigenvalue weighted by molar-refractivity contribution is -0.203. The molecule has 3 heterocycles. The van der Waals surface area contributed by atoms with Crippen LogP contribution in [0.4, 0.5) is 13.2 Å². The number of nitrogens with zero attached hydrogens (tertiary/aromatic N) is 3. The highest BCUT2D eigenvalue weighted by molar-refractivity contribution is 6.05. The van der Waals surface area contributed by atoms with Crippen molar-refractivity contribution in [1.29, 1.82) is 0 Å². The van der Waals surface area contributed by atoms with E-state index < -0.39 is 18.2 Å². The Balaban J connectivity index is 1.57. The third-order valence-corrected chi connectivity index (χ3v) is 6.46. The number of nitrogens with one attached hydrogen (secondary N) is 1. The minimum atomic E-state index is -4.71. The molecule has 1 fully saturated rings. The third kappa shape index (κ3) is 3.90. The van der Waals surface area contributed by atoms with Crippen LogP contribution in [-0.4, -0.2) is 45.3 Å². The Morgan fingerprint density at radius 3 is 2.39 bits per heavy atom. The number of imide groups is 1. The van der Waals surface area contributed by atoms with Gasteiger partial charge in [0.2, 0.25) is 11.8 Å². The second-order valence-corrected chi connectivity index (χ2v) is 8.66. The standard InChI is InChI=1S/C25H21F3N4O4/c1-13-29-21(22(32(13)25(26,27)28)14-3-6-17(36-2)7-4-14)15-5-8-18-16(11-15)12-31(24(18)35)19-9-10-20(33)30-23(19)34/h3-8,11,19H,9-10,12H2,1-2H3,(H,30,33,34). The molecule has 186 valence electrons. The average Bonchev–Trinajstić information content (AvgIpc) is 3.36. The number of hydrogen-bond donors (Lipinski definition) is 1. The smallest absolute Gasteiger partial charge is 0.490 e. The molecule has 1 atom stereocenters. The number of halogens is 3. The maximum Gasteiger partial charge on any atom is 0.490 e. The number of piperidine rings is 1. The molecule has 1 aromatic heterocycles. The summed E-state index contributed by atoms with van der Waals surface area (Å²) in [6.45, 7) is 1.39. The van der Waals surface area contributed by atoms with Crippen LogP contribution < -0.4 is 10.1 Å². The third-order valence-electron chi connectivity index (χ3n) is 6.46. The van der Waals surface area contributed by atoms with E-state index in [-0.39, 0.29) is 53.0 Å². The van der Waals surface area contributed by atoms with Gasteiger partial charge in [-0.05, 0) is 55.3 Å². The highest BCUT2D eigenvalue weighted by atomic mass is 19.4. The largest absolute Gasteiger partial charge is 0.497 e. The van der Waals surface area contributed by atoms with E-state index >= 15 is 0 Å². The van der Waals surface area contributed by atoms with Gasteiger partial charge in [0.15, 0.2) is 0 Å². The number of aromatic nitrogens is 2. The van der Waals surface area contributed by atoms with Gasteiger partial charge in [-0.1, -0.05) is 6.07 Å². The number of ether oxygens (including phenoxy) is 1. The van der Waals surface area contributed by atoms with Crippen LogP contribution in [0.5, 0.6) is 5.75 Å². The van der Waals surface area contributed by atoms with Gasteiger partial charge in [0.05, 0.1) is 18.5 Å². The lowest BCUT2D eigenvalue weighted by atomic mass is 10.0. The molecule has 3 aromatic rings. The number of alkyl halides is 3. The van der Waals surface area contributed by atoms with Crippen LogP contribution in [0.15, 0.2) is 42.5 Å². The van der Waals surface area contributed by atoms with E-state index in [1.807, 2.05) is 0 Å². The summed E-state index contributed by atoms with van der Waals surface area (Å²) < 4.78 is 47.5. The van der Waals surface area contributed by atoms with Crippen molar-refractivity contribution in [2.45, 2.75) is 38.7 Å². The Kier molecular flexibility index (Phi) is 5.57. The van der Waals surface area contributed by atoms with Gasteiger partial charge in [0, 0.05) is 29.7 Å². The van der Waals surface area contributed by atoms with Crippen molar-refractivity contribution in [3.63, 3.8) is 0 Å². The molecule has 1 unspecified atom stereocenters. The molecule has 0 aliphatic carbocycles. The zero-order valence-corrected chi connectivity index (χ0v) is 19.3. The van der Waals surface area contributed by atoms with E-state index in [1.165, 1.54) is 31.1 Å². The van der Waals surface area contributed by atoms with Crippen LogP contribution in [0, 0.1) is 6.92 Å². The normalized spacial score (nSPS) is 17.9. The monoisotopic (exact) mass is 498 g/mol. The molecule has 2 aromatic carbocycles. The van der Waals surface area contributed by atoms with E-state index in [0.717, 1.165) is 0 Å². The van der Waals surface area contributed by atoms with Crippen LogP contribution in [0.25, 0.3) is 22.5 Å². The fraction of sp³-hybridized carbons (Fsp3) is 0.280. The van der Waals surface area contributed by atoms with E-state index in [4.69, 9.17) is 4.74 Å². The number of benzene rings is 2. The lowest BCUT2D eigenvalue weighted by Gasteiger charge is -2.29. The number of methoxy groups -OCH3 is 1. The number of hydrogen-bond acceptors (Lipinski definition) is 5. The maximum atomic E-state index is 14.0. The first kappa shape index (κ1) is 23.6. The molecular weight excluding hydrogens is 477 g/mol. The quantitative estimate of drug-likeness (QED) is 0.553. The van der Waals surface area contributed by atoms with Crippen molar-refractivity contribution in [2.24, 2.45) is 0 Å². The Labute approximate surface area is 203 Å². The van der Waals surface area contributed by atoms with Gasteiger partial charge in [-0.3, -0.25) is 19.7 Å². The molecule has 1 N–H and O–H groups in total. The van der Waals surface area contributed by atoms with Gasteiger partial charge in [0.1, 0.15) is 17.6 Å². The number of imidazole rings is 1. The SMILES string of the molecule is COc1ccc(-c2c(-c3ccc4c(c3)CN(C3CCC(=O)NC3=O)C4=O)nc(C)n2C(F)(F)F)cc1. The minimum Gasteiger partial charge on any atom is -0.497 e. The van der Waals surface area contributed by atoms with E-state index in [9.17, 15) is 27.6 Å². The molecule has 0 saturated carbocycles. The Bertz CT molecular complexity index is 1400. The first-order valence-corrected chi connectivity index (χ1v) is 11.2. The topological polar surface area (TPSA) is 93.5 Å². The van der Waals surface area contributed by atoms with Crippen molar-refractivity contribution in [3.8, 4) is 28.3 Å². The molecule has 11 heteroatoms. The number of amides is 3. The lowest BCUT2D eigenvalue weighted by Crippen LogP contribution is -2.52. The summed E-state index contributed by atoms with van der Waals surface area (Å²) in [5, 5.41) is 2.25. The first-order valence-electron chi connectivity index (χ1n) is 11.2. The molecule has 3 amide bonds. The number of rotatable bonds is 4. The van der Waals surface area contributed by atoms with Gasteiger partial charge in [-0.25, -0.2) is 9.55 Å². The average molecular weight is 498 g/mol. The number of carbonyl (C=O) groups excluding carboxylic acids is 3. The molecule has 36 heavy (non-hydrogen) atoms. The number of fused-ring (bicyclic) bond motifs is 1. The predicted octanol–water partition coefficient (Wildman–Crippen LogP) is 3.77. The van der Waals surface area contributed by atoms with Crippen LogP contribution >= 0.6 is 0 Å². The summed E-state index contributed by atoms with van der Waals surface area (Å²) in [4.78, 5) is 42.4. The summed E-state index contributed by atoms with van der Waals surface area (Å²) >= 11 is 0. The van der Waals surface area contributed by atoms with Gasteiger partial charge in [-0.2, -0.15) is 0 Å². The minimum absolute atomic E-state index is 0.102. The molecule has 0 radical (unpaired) electrons. The van der Waals surface area contributed by atoms with Gasteiger partial charge in [-0.15, -0.1) is 13.2 Å². The Hall–Kier alpha value is -4.15. The zero-order valence-electron chi connectivity index (χ0n) is 19.3. The highest BCUT2D eigenvalue weighted by Gasteiger charge is 2.40. The van der Waals surface area contributed by atoms with Crippen molar-refractivity contribution in [2.75, 3.05) is 7.11 Å². The van der Waals surface area contributed by atoms with Crippen LogP contribution in [-0.2, 0) is 22.4 Å². The fourth-order valence-electron chi connectivity index (χ4n) is 4.78. The van der Waals surface area contributed by atoms with Gasteiger partial charge in [0.25, 0.3) is 5.91 Å². The summed E-state index contributed by atoms with van der Waals surface area (Å²) in [6.07, 6.45) is -4.37. The van der Waals surface area contributed by atoms with Gasteiger partial charge >= 0.3 is 6.30 Å². The summed E-state index contributed by atoms with van der Waals surface area (Å²) in [7, 11) is 1.47. The molecule has 5 rings (SSSR count). The van der Waals surface area contributed by atoms with Gasteiger partial charge < -0.3 is 9.64 Å². The summed E-state index contributed by atoms with van der Waals surface area (Å²) in [5.41, 5.74) is 1.62. The number of carbonyl (C=O) groups is 3. The first-order chi connectivity index (χ1) is 17.1. The van der Waals surface area contributed by atoms with Crippen LogP contribution in [0.1, 0.15) is 34.6 Å². The van der Waals surface area contributed by atoms with E-state index in [2.05, 4.69) is 10.3 Å². The molecule has 2 aliphatic rings. The summed E-state index contributed by atoms with van der Waals surface area (Å²) in [6, 6.07) is 10.1. The van der Waals surface area contributed by atoms with Crippen molar-refractivity contribution < 1.29 is 32.3 Å². The highest BCUT2D eigenvalue weighted by Crippen LogP contribution is 2.40. The maximum absolute atomic E-state index is 14.0. The van der Waals surface area contributed by atoms with Crippen molar-refractivity contribution in [1.82, 2.24) is 19.8 Å². The number of aryl methyl sites for hydroxylation is 1. The van der Waals surface area contributed by atoms with Crippen molar-refractivity contribution in [3.05, 3.63) is 59.4 Å². The Morgan fingerprint density at radius 1 is 1.06 bits per heavy atom. The summed E-state index contributed by atoms with van der Waals surface area (Å²) in [5.74, 6) is -1.01. The molecule has 8 nitrogen and oxygen atoms in total. The molecule has 2 aliphatic heterocycles.